The van der Waals surface area contributed by atoms with Crippen molar-refractivity contribution in [3.05, 3.63) is 0 Å². The zero-order valence-electron chi connectivity index (χ0n) is 67.8. The summed E-state index contributed by atoms with van der Waals surface area (Å²) >= 11 is 0. The highest BCUT2D eigenvalue weighted by Gasteiger charge is 2.62. The van der Waals surface area contributed by atoms with Crippen LogP contribution in [0.2, 0.25) is 0 Å². The van der Waals surface area contributed by atoms with Crippen LogP contribution in [0.25, 0.3) is 0 Å². The van der Waals surface area contributed by atoms with Gasteiger partial charge in [-0.1, -0.05) is 0 Å². The first-order chi connectivity index (χ1) is 59.6. The van der Waals surface area contributed by atoms with Crippen LogP contribution in [0.3, 0.4) is 0 Å². The monoisotopic (exact) mass is 1840 g/mol. The van der Waals surface area contributed by atoms with Crippen LogP contribution in [0.4, 0.5) is 0 Å². The first-order valence-electron chi connectivity index (χ1n) is 40.1. The molecular weight excluding hydrogens is 1730 g/mol. The van der Waals surface area contributed by atoms with Crippen LogP contribution in [0, 0.1) is 0 Å². The van der Waals surface area contributed by atoms with E-state index in [2.05, 4.69) is 26.6 Å². The third-order valence-corrected chi connectivity index (χ3v) is 22.9. The standard InChI is InChI=1S/C70H117N5O51/c1-16(84)71-31-43(96)54(25(10-80)110-61(31)107)120-64-34(74-19(4)87)45(98)57(28(13-83)116-64)123-68-53(106)58(124-70-60(49(102)39(92)24(9-79)114-70)126-65-35(75-20(5)88)46(99)56(27(12-82)117-65)122-67-52(105)48(101)38(91)23(8-78)113-67)41(94)30(118-68)15-109-69-59(125-63-32(72-17(2)85)42(95)36(89)21(6-76)111-63)50(103)40(93)29(119-69)14-108-62-33(73-18(3)86)44(97)55(26(11-81)115-62)121-66-51(104)47(100)37(90)22(7-77)112-66/h21-70,76-83,89-107H,6-15H2,1-5H3,(H,71,84)(H,72,85)(H,73,86)(H,74,87)(H,75,88)/t21-,22-,23-,24-,25-,26-,27-,28-,29-,30-,31-,32-,33-,34-,35-,36-,37+,38+,39-,40-,41-,42-,43-,44-,45-,46-,47+,48+,49+,50+,51-,52-,53+,54-,55-,56-,57-,58+,59+,60+,61-,62-,63+,64+,65+,66+,67+,68+,69+,70-/m1/s1. The maximum absolute atomic E-state index is 13.1. The van der Waals surface area contributed by atoms with Gasteiger partial charge in [-0.25, -0.2) is 0 Å². The Morgan fingerprint density at radius 1 is 0.206 bits per heavy atom. The quantitative estimate of drug-likeness (QED) is 0.0290. The number of carbonyl (C=O) groups is 5. The van der Waals surface area contributed by atoms with E-state index in [1.165, 1.54) is 0 Å². The molecule has 10 aliphatic rings. The van der Waals surface area contributed by atoms with Gasteiger partial charge in [0, 0.05) is 34.6 Å². The summed E-state index contributed by atoms with van der Waals surface area (Å²) in [6, 6.07) is -9.34. The lowest BCUT2D eigenvalue weighted by atomic mass is 9.93. The van der Waals surface area contributed by atoms with Gasteiger partial charge in [-0.2, -0.15) is 0 Å². The van der Waals surface area contributed by atoms with E-state index in [0.29, 0.717) is 0 Å². The Hall–Kier alpha value is -4.49. The smallest absolute Gasteiger partial charge is 0.217 e. The number of carbonyl (C=O) groups excluding carboxylic acids is 5. The molecule has 0 aromatic carbocycles. The van der Waals surface area contributed by atoms with Gasteiger partial charge >= 0.3 is 0 Å². The van der Waals surface area contributed by atoms with Gasteiger partial charge in [0.15, 0.2) is 62.9 Å². The molecule has 0 unspecified atom stereocenters. The molecule has 0 aliphatic carbocycles. The molecule has 0 aromatic rings. The molecule has 10 aliphatic heterocycles. The SMILES string of the molecule is CC(=O)N[C@@H]1[C@@H](O)[C@H](O[C@@H]2O[C@H](CO)[C@@H](O[C@@H]3O[C@H](CO[C@H]4O[C@H](CO[C@@H]5O[C@H](CO)[C@@H](O[C@@H]6O[C@H](CO)[C@H](O)[C@H](O)[C@H]6O)[C@H](O)[C@H]5NC(C)=O)[C@@H](O)[C@H](O)[C@@H]4O[C@@H]4O[C@H](CO)[C@@H](O)[C@H](O)[C@H]4NC(C)=O)[C@@H](O)[C@H](O[C@H]4O[C@H](CO)[C@@H](O)[C@H](O)[C@@H]4O[C@@H]4O[C@H](CO)[C@@H](O[C@@H]5O[C@H](CO)[C@H](O)[C@H](O)[C@H]5O)[C@H](O)[C@H]4NC(C)=O)[C@@H]3O)[C@H](O)[C@H]2NC(C)=O)[C@@H](CO)O[C@H]1O. The second-order valence-electron chi connectivity index (χ2n) is 31.7. The summed E-state index contributed by atoms with van der Waals surface area (Å²) in [6.07, 6.45) is -95.1. The number of hydrogen-bond donors (Lipinski definition) is 32. The number of nitrogens with one attached hydrogen (secondary N) is 5. The highest BCUT2D eigenvalue weighted by Crippen LogP contribution is 2.41. The van der Waals surface area contributed by atoms with E-state index in [1.54, 1.807) is 0 Å². The van der Waals surface area contributed by atoms with Gasteiger partial charge in [0.1, 0.15) is 244 Å². The average molecular weight is 1840 g/mol. The second-order valence-corrected chi connectivity index (χ2v) is 31.7. The third kappa shape index (κ3) is 23.1. The van der Waals surface area contributed by atoms with Gasteiger partial charge in [0.05, 0.1) is 66.1 Å². The fraction of sp³-hybridized carbons (Fsp3) is 0.929. The Morgan fingerprint density at radius 2 is 0.444 bits per heavy atom. The predicted octanol–water partition coefficient (Wildman–Crippen LogP) is -22.1. The second kappa shape index (κ2) is 45.5. The van der Waals surface area contributed by atoms with Crippen molar-refractivity contribution in [2.45, 2.75) is 341 Å². The van der Waals surface area contributed by atoms with Gasteiger partial charge in [0.25, 0.3) is 0 Å². The fourth-order valence-corrected chi connectivity index (χ4v) is 16.2. The van der Waals surface area contributed by atoms with E-state index in [9.17, 15) is 162 Å². The van der Waals surface area contributed by atoms with Crippen LogP contribution in [-0.4, -0.2) is 540 Å². The van der Waals surface area contributed by atoms with Gasteiger partial charge < -0.3 is 254 Å². The number of rotatable bonds is 33. The zero-order valence-corrected chi connectivity index (χ0v) is 67.8. The number of hydrogen-bond acceptors (Lipinski definition) is 51. The number of aliphatic hydroxyl groups excluding tert-OH is 27. The Bertz CT molecular complexity index is 3440. The van der Waals surface area contributed by atoms with Crippen molar-refractivity contribution in [1.82, 2.24) is 26.6 Å². The maximum atomic E-state index is 13.1. The van der Waals surface area contributed by atoms with E-state index >= 15 is 0 Å². The number of ether oxygens (including phenoxy) is 19. The molecule has 0 saturated carbocycles. The Balaban J connectivity index is 1.01. The highest BCUT2D eigenvalue weighted by molar-refractivity contribution is 5.75. The molecule has 56 nitrogen and oxygen atoms in total. The van der Waals surface area contributed by atoms with Crippen molar-refractivity contribution in [3.8, 4) is 0 Å². The molecule has 56 heteroatoms. The van der Waals surface area contributed by atoms with Crippen molar-refractivity contribution < 1.29 is 252 Å². The van der Waals surface area contributed by atoms with Gasteiger partial charge in [0.2, 0.25) is 29.5 Å². The van der Waals surface area contributed by atoms with Crippen molar-refractivity contribution in [2.75, 3.05) is 66.1 Å². The van der Waals surface area contributed by atoms with Crippen LogP contribution in [0.15, 0.2) is 0 Å². The molecule has 10 saturated heterocycles. The van der Waals surface area contributed by atoms with Crippen molar-refractivity contribution in [1.29, 1.82) is 0 Å². The predicted molar refractivity (Wildman–Crippen MR) is 388 cm³/mol. The minimum atomic E-state index is -2.65. The average Bonchev–Trinajstić information content (AvgIpc) is 0.767. The summed E-state index contributed by atoms with van der Waals surface area (Å²) in [7, 11) is 0. The first kappa shape index (κ1) is 104. The van der Waals surface area contributed by atoms with Gasteiger partial charge in [-0.05, 0) is 0 Å². The first-order valence-corrected chi connectivity index (χ1v) is 40.1. The van der Waals surface area contributed by atoms with E-state index in [4.69, 9.17) is 90.0 Å². The van der Waals surface area contributed by atoms with Crippen LogP contribution in [0.5, 0.6) is 0 Å². The minimum Gasteiger partial charge on any atom is -0.394 e. The number of aliphatic hydroxyl groups is 27. The molecule has 0 spiro atoms. The van der Waals surface area contributed by atoms with E-state index < -0.39 is 402 Å². The summed E-state index contributed by atoms with van der Waals surface area (Å²) in [4.78, 5) is 64.0. The molecule has 10 rings (SSSR count). The van der Waals surface area contributed by atoms with Crippen molar-refractivity contribution in [3.63, 3.8) is 0 Å². The fourth-order valence-electron chi connectivity index (χ4n) is 16.2. The molecule has 50 atom stereocenters. The summed E-state index contributed by atoms with van der Waals surface area (Å²) in [5, 5.41) is 314. The lowest BCUT2D eigenvalue weighted by molar-refractivity contribution is -0.399. The normalized spacial score (nSPS) is 48.4. The van der Waals surface area contributed by atoms with Gasteiger partial charge in [-0.15, -0.1) is 0 Å². The molecule has 32 N–H and O–H groups in total. The van der Waals surface area contributed by atoms with E-state index in [1.807, 2.05) is 0 Å². The molecule has 10 fully saturated rings. The molecule has 0 aromatic heterocycles. The van der Waals surface area contributed by atoms with Crippen molar-refractivity contribution >= 4 is 29.5 Å². The molecule has 0 radical (unpaired) electrons. The van der Waals surface area contributed by atoms with E-state index in [-0.39, 0.29) is 0 Å². The zero-order chi connectivity index (χ0) is 92.8. The Kier molecular flexibility index (Phi) is 37.4. The van der Waals surface area contributed by atoms with E-state index in [0.717, 1.165) is 34.6 Å². The summed E-state index contributed by atoms with van der Waals surface area (Å²) in [6.45, 7) is -6.39. The van der Waals surface area contributed by atoms with Crippen LogP contribution >= 0.6 is 0 Å². The third-order valence-electron chi connectivity index (χ3n) is 22.9. The molecule has 126 heavy (non-hydrogen) atoms. The van der Waals surface area contributed by atoms with Crippen LogP contribution in [-0.2, 0) is 114 Å². The Morgan fingerprint density at radius 3 is 0.833 bits per heavy atom. The van der Waals surface area contributed by atoms with Crippen LogP contribution < -0.4 is 26.6 Å². The summed E-state index contributed by atoms with van der Waals surface area (Å²) in [5.74, 6) is -4.59. The molecular formula is C70H117N5O51. The Labute approximate surface area is 713 Å². The molecule has 10 heterocycles. The van der Waals surface area contributed by atoms with Gasteiger partial charge in [-0.3, -0.25) is 24.0 Å². The maximum Gasteiger partial charge on any atom is 0.217 e. The molecule has 728 valence electrons. The summed E-state index contributed by atoms with van der Waals surface area (Å²) in [5.41, 5.74) is 0. The lowest BCUT2D eigenvalue weighted by Crippen LogP contribution is -2.71. The largest absolute Gasteiger partial charge is 0.394 e. The topological polar surface area (TPSA) is 867 Å². The number of amides is 5. The van der Waals surface area contributed by atoms with Crippen molar-refractivity contribution in [2.24, 2.45) is 0 Å². The molecule has 5 amide bonds. The highest BCUT2D eigenvalue weighted by atomic mass is 16.8. The summed E-state index contributed by atoms with van der Waals surface area (Å²) < 4.78 is 113. The minimum absolute atomic E-state index is 0.810. The van der Waals surface area contributed by atoms with Crippen LogP contribution in [0.1, 0.15) is 34.6 Å². The lowest BCUT2D eigenvalue weighted by Gasteiger charge is -2.51. The molecule has 0 bridgehead atoms.